The molecule has 0 spiro atoms. The first-order chi connectivity index (χ1) is 9.22. The fraction of sp³-hybridized carbons (Fsp3) is 0.308. The van der Waals surface area contributed by atoms with E-state index in [2.05, 4.69) is 20.5 Å². The Hall–Kier alpha value is -2.21. The van der Waals surface area contributed by atoms with E-state index in [0.29, 0.717) is 12.2 Å². The van der Waals surface area contributed by atoms with E-state index in [9.17, 15) is 4.79 Å². The van der Waals surface area contributed by atoms with E-state index in [4.69, 9.17) is 5.73 Å². The fourth-order valence-corrected chi connectivity index (χ4v) is 1.71. The van der Waals surface area contributed by atoms with Gasteiger partial charge in [-0.3, -0.25) is 9.89 Å². The number of aryl methyl sites for hydroxylation is 1. The molecule has 0 saturated heterocycles. The fourth-order valence-electron chi connectivity index (χ4n) is 1.71. The van der Waals surface area contributed by atoms with Crippen LogP contribution in [0.3, 0.4) is 0 Å². The van der Waals surface area contributed by atoms with E-state index < -0.39 is 0 Å². The van der Waals surface area contributed by atoms with Crippen LogP contribution in [0.15, 0.2) is 24.3 Å². The van der Waals surface area contributed by atoms with Crippen LogP contribution in [0.25, 0.3) is 0 Å². The maximum atomic E-state index is 11.9. The predicted molar refractivity (Wildman–Crippen MR) is 72.7 cm³/mol. The van der Waals surface area contributed by atoms with Gasteiger partial charge in [0, 0.05) is 18.7 Å². The average Bonchev–Trinajstić information content (AvgIpc) is 2.88. The first-order valence-electron chi connectivity index (χ1n) is 6.24. The van der Waals surface area contributed by atoms with Gasteiger partial charge in [0.1, 0.15) is 5.82 Å². The molecule has 19 heavy (non-hydrogen) atoms. The number of H-pyrrole nitrogens is 1. The van der Waals surface area contributed by atoms with Gasteiger partial charge in [0.2, 0.25) is 5.82 Å². The van der Waals surface area contributed by atoms with Crippen LogP contribution in [-0.2, 0) is 13.0 Å². The van der Waals surface area contributed by atoms with Crippen LogP contribution >= 0.6 is 0 Å². The van der Waals surface area contributed by atoms with Crippen molar-refractivity contribution in [3.8, 4) is 0 Å². The second kappa shape index (κ2) is 6.10. The number of amides is 1. The van der Waals surface area contributed by atoms with Crippen molar-refractivity contribution in [2.45, 2.75) is 26.3 Å². The second-order valence-electron chi connectivity index (χ2n) is 4.21. The van der Waals surface area contributed by atoms with Gasteiger partial charge in [0.15, 0.2) is 0 Å². The summed E-state index contributed by atoms with van der Waals surface area (Å²) >= 11 is 0. The lowest BCUT2D eigenvalue weighted by Gasteiger charge is -2.04. The van der Waals surface area contributed by atoms with Crippen LogP contribution in [0.1, 0.15) is 35.4 Å². The number of aromatic amines is 1. The van der Waals surface area contributed by atoms with Crippen molar-refractivity contribution in [1.82, 2.24) is 15.2 Å². The first-order valence-corrected chi connectivity index (χ1v) is 6.24. The molecule has 6 heteroatoms. The number of carbonyl (C=O) groups is 1. The van der Waals surface area contributed by atoms with Gasteiger partial charge in [-0.2, -0.15) is 0 Å². The number of nitrogens with one attached hydrogen (secondary N) is 2. The van der Waals surface area contributed by atoms with E-state index in [-0.39, 0.29) is 11.7 Å². The Kier molecular flexibility index (Phi) is 4.25. The van der Waals surface area contributed by atoms with E-state index >= 15 is 0 Å². The van der Waals surface area contributed by atoms with Crippen molar-refractivity contribution >= 4 is 11.6 Å². The molecular formula is C13H17N5O. The number of hydrogen-bond donors (Lipinski definition) is 3. The van der Waals surface area contributed by atoms with Crippen LogP contribution in [0, 0.1) is 0 Å². The lowest BCUT2D eigenvalue weighted by molar-refractivity contribution is 0.101. The van der Waals surface area contributed by atoms with Crippen molar-refractivity contribution in [3.05, 3.63) is 41.5 Å². The number of hydrogen-bond acceptors (Lipinski definition) is 4. The molecule has 0 aliphatic carbocycles. The summed E-state index contributed by atoms with van der Waals surface area (Å²) in [6.07, 6.45) is 1.73. The number of nitrogens with zero attached hydrogens (tertiary/aromatic N) is 2. The molecule has 0 saturated carbocycles. The summed E-state index contributed by atoms with van der Waals surface area (Å²) in [7, 11) is 0. The van der Waals surface area contributed by atoms with Crippen molar-refractivity contribution in [1.29, 1.82) is 0 Å². The topological polar surface area (TPSA) is 96.7 Å². The highest BCUT2D eigenvalue weighted by molar-refractivity contribution is 6.01. The van der Waals surface area contributed by atoms with E-state index in [1.807, 2.05) is 25.1 Å². The Labute approximate surface area is 111 Å². The molecule has 1 heterocycles. The smallest absolute Gasteiger partial charge is 0.295 e. The highest BCUT2D eigenvalue weighted by atomic mass is 16.2. The second-order valence-corrected chi connectivity index (χ2v) is 4.21. The molecule has 2 aromatic rings. The third-order valence-corrected chi connectivity index (χ3v) is 2.64. The summed E-state index contributed by atoms with van der Waals surface area (Å²) in [6.45, 7) is 2.48. The standard InChI is InChI=1S/C13H17N5O/c1-2-4-11-16-12(18-17-11)13(19)15-10-6-3-5-9(7-10)8-14/h3,5-7H,2,4,8,14H2,1H3,(H,15,19)(H,16,17,18). The highest BCUT2D eigenvalue weighted by Crippen LogP contribution is 2.11. The highest BCUT2D eigenvalue weighted by Gasteiger charge is 2.12. The molecule has 0 atom stereocenters. The minimum absolute atomic E-state index is 0.154. The Bertz CT molecular complexity index is 564. The van der Waals surface area contributed by atoms with E-state index in [1.54, 1.807) is 6.07 Å². The van der Waals surface area contributed by atoms with Gasteiger partial charge in [0.25, 0.3) is 5.91 Å². The molecular weight excluding hydrogens is 242 g/mol. The molecule has 0 radical (unpaired) electrons. The van der Waals surface area contributed by atoms with Gasteiger partial charge in [-0.15, -0.1) is 5.10 Å². The maximum Gasteiger partial charge on any atom is 0.295 e. The van der Waals surface area contributed by atoms with E-state index in [0.717, 1.165) is 24.2 Å². The van der Waals surface area contributed by atoms with Gasteiger partial charge in [-0.25, -0.2) is 4.98 Å². The lowest BCUT2D eigenvalue weighted by atomic mass is 10.2. The number of anilines is 1. The molecule has 6 nitrogen and oxygen atoms in total. The summed E-state index contributed by atoms with van der Waals surface area (Å²) in [5, 5.41) is 9.40. The van der Waals surface area contributed by atoms with Crippen LogP contribution < -0.4 is 11.1 Å². The normalized spacial score (nSPS) is 10.4. The van der Waals surface area contributed by atoms with Crippen LogP contribution in [0.4, 0.5) is 5.69 Å². The quantitative estimate of drug-likeness (QED) is 0.757. The molecule has 100 valence electrons. The summed E-state index contributed by atoms with van der Waals surface area (Å²) in [5.74, 6) is 0.553. The maximum absolute atomic E-state index is 11.9. The largest absolute Gasteiger partial charge is 0.326 e. The van der Waals surface area contributed by atoms with Crippen molar-refractivity contribution in [3.63, 3.8) is 0 Å². The van der Waals surface area contributed by atoms with Gasteiger partial charge in [-0.05, 0) is 24.1 Å². The zero-order valence-electron chi connectivity index (χ0n) is 10.8. The number of benzene rings is 1. The number of aromatic nitrogens is 3. The Balaban J connectivity index is 2.06. The third-order valence-electron chi connectivity index (χ3n) is 2.64. The lowest BCUT2D eigenvalue weighted by Crippen LogP contribution is -2.14. The average molecular weight is 259 g/mol. The zero-order valence-corrected chi connectivity index (χ0v) is 10.8. The zero-order chi connectivity index (χ0) is 13.7. The number of rotatable bonds is 5. The van der Waals surface area contributed by atoms with Crippen molar-refractivity contribution < 1.29 is 4.79 Å². The molecule has 1 aromatic carbocycles. The molecule has 0 aliphatic heterocycles. The number of nitrogens with two attached hydrogens (primary N) is 1. The molecule has 1 aromatic heterocycles. The van der Waals surface area contributed by atoms with Gasteiger partial charge < -0.3 is 11.1 Å². The molecule has 0 bridgehead atoms. The molecule has 0 fully saturated rings. The van der Waals surface area contributed by atoms with Crippen LogP contribution in [0.5, 0.6) is 0 Å². The van der Waals surface area contributed by atoms with E-state index in [1.165, 1.54) is 0 Å². The third kappa shape index (κ3) is 3.38. The minimum Gasteiger partial charge on any atom is -0.326 e. The molecule has 0 aliphatic rings. The summed E-state index contributed by atoms with van der Waals surface area (Å²) in [4.78, 5) is 16.1. The summed E-state index contributed by atoms with van der Waals surface area (Å²) in [6, 6.07) is 7.38. The predicted octanol–water partition coefficient (Wildman–Crippen LogP) is 1.47. The molecule has 0 unspecified atom stereocenters. The number of carbonyl (C=O) groups excluding carboxylic acids is 1. The molecule has 1 amide bonds. The van der Waals surface area contributed by atoms with Crippen LogP contribution in [0.2, 0.25) is 0 Å². The SMILES string of the molecule is CCCc1nc(C(=O)Nc2cccc(CN)c2)n[nH]1. The molecule has 4 N–H and O–H groups in total. The van der Waals surface area contributed by atoms with Crippen molar-refractivity contribution in [2.24, 2.45) is 5.73 Å². The summed E-state index contributed by atoms with van der Waals surface area (Å²) in [5.41, 5.74) is 7.20. The minimum atomic E-state index is -0.326. The monoisotopic (exact) mass is 259 g/mol. The Morgan fingerprint density at radius 3 is 3.05 bits per heavy atom. The van der Waals surface area contributed by atoms with Gasteiger partial charge >= 0.3 is 0 Å². The molecule has 2 rings (SSSR count). The van der Waals surface area contributed by atoms with Gasteiger partial charge in [-0.1, -0.05) is 19.1 Å². The Morgan fingerprint density at radius 2 is 2.32 bits per heavy atom. The Morgan fingerprint density at radius 1 is 1.47 bits per heavy atom. The summed E-state index contributed by atoms with van der Waals surface area (Å²) < 4.78 is 0. The van der Waals surface area contributed by atoms with Gasteiger partial charge in [0.05, 0.1) is 0 Å². The van der Waals surface area contributed by atoms with Crippen LogP contribution in [-0.4, -0.2) is 21.1 Å². The first kappa shape index (κ1) is 13.2. The van der Waals surface area contributed by atoms with Crippen molar-refractivity contribution in [2.75, 3.05) is 5.32 Å².